The lowest BCUT2D eigenvalue weighted by atomic mass is 9.97. The maximum atomic E-state index is 15.3. The maximum absolute atomic E-state index is 15.3. The van der Waals surface area contributed by atoms with Gasteiger partial charge in [0.2, 0.25) is 0 Å². The van der Waals surface area contributed by atoms with E-state index in [2.05, 4.69) is 10.1 Å². The Morgan fingerprint density at radius 1 is 1.34 bits per heavy atom. The molecule has 1 fully saturated rings. The summed E-state index contributed by atoms with van der Waals surface area (Å²) >= 11 is 0. The van der Waals surface area contributed by atoms with Crippen molar-refractivity contribution in [2.75, 3.05) is 19.5 Å². The van der Waals surface area contributed by atoms with E-state index in [4.69, 9.17) is 25.2 Å². The summed E-state index contributed by atoms with van der Waals surface area (Å²) in [5.41, 5.74) is 7.87. The van der Waals surface area contributed by atoms with Gasteiger partial charge in [0, 0.05) is 12.7 Å². The van der Waals surface area contributed by atoms with Gasteiger partial charge >= 0.3 is 13.4 Å². The molecule has 2 heterocycles. The van der Waals surface area contributed by atoms with Crippen LogP contribution in [0.3, 0.4) is 0 Å². The van der Waals surface area contributed by atoms with E-state index in [-0.39, 0.29) is 12.4 Å². The van der Waals surface area contributed by atoms with Crippen molar-refractivity contribution < 1.29 is 32.4 Å². The summed E-state index contributed by atoms with van der Waals surface area (Å²) in [6.07, 6.45) is -3.24. The Hall–Kier alpha value is -2.41. The smallest absolute Gasteiger partial charge is 0.351 e. The minimum absolute atomic E-state index is 0.0103. The standard InChI is InChI=1S/C18H24F2N5O6P/c1-17(19)14(26)18(20,31-15(17)25-8-7-13(21)24-16(25)27)10-30-32(22,28)23-9-11-3-5-12(29-2)6-4-11/h3-8,14-15,26H,9-10H2,1-2H3,(H2,21,24,27)(H3,22,23,28)/t14-,15+,17+,18+,32?/m0/s1. The normalized spacial score (nSPS) is 29.6. The van der Waals surface area contributed by atoms with E-state index in [9.17, 15) is 14.5 Å². The van der Waals surface area contributed by atoms with Crippen LogP contribution in [0.2, 0.25) is 0 Å². The van der Waals surface area contributed by atoms with E-state index in [1.165, 1.54) is 13.2 Å². The van der Waals surface area contributed by atoms with Gasteiger partial charge in [0.05, 0.1) is 7.11 Å². The Morgan fingerprint density at radius 2 is 2.00 bits per heavy atom. The fourth-order valence-electron chi connectivity index (χ4n) is 3.14. The highest BCUT2D eigenvalue weighted by molar-refractivity contribution is 7.54. The molecule has 0 aliphatic carbocycles. The number of aromatic nitrogens is 2. The van der Waals surface area contributed by atoms with Crippen molar-refractivity contribution in [1.82, 2.24) is 14.6 Å². The van der Waals surface area contributed by atoms with E-state index in [1.807, 2.05) is 0 Å². The topological polar surface area (TPSA) is 164 Å². The van der Waals surface area contributed by atoms with Crippen LogP contribution in [-0.4, -0.2) is 46.0 Å². The molecule has 32 heavy (non-hydrogen) atoms. The van der Waals surface area contributed by atoms with E-state index in [0.717, 1.165) is 13.1 Å². The van der Waals surface area contributed by atoms with Crippen molar-refractivity contribution in [3.05, 3.63) is 52.6 Å². The lowest BCUT2D eigenvalue weighted by Gasteiger charge is -2.26. The van der Waals surface area contributed by atoms with Gasteiger partial charge in [0.25, 0.3) is 5.85 Å². The molecule has 6 N–H and O–H groups in total. The van der Waals surface area contributed by atoms with Crippen molar-refractivity contribution >= 4 is 13.5 Å². The average Bonchev–Trinajstić information content (AvgIpc) is 2.92. The molecule has 0 spiro atoms. The van der Waals surface area contributed by atoms with Crippen LogP contribution in [0.15, 0.2) is 41.3 Å². The van der Waals surface area contributed by atoms with E-state index < -0.39 is 43.8 Å². The number of methoxy groups -OCH3 is 1. The monoisotopic (exact) mass is 475 g/mol. The summed E-state index contributed by atoms with van der Waals surface area (Å²) < 4.78 is 58.6. The molecular formula is C18H24F2N5O6P. The van der Waals surface area contributed by atoms with Crippen LogP contribution < -0.4 is 26.8 Å². The molecule has 1 unspecified atom stereocenters. The zero-order chi connectivity index (χ0) is 23.7. The molecule has 3 rings (SSSR count). The predicted molar refractivity (Wildman–Crippen MR) is 110 cm³/mol. The molecule has 0 bridgehead atoms. The maximum Gasteiger partial charge on any atom is 0.351 e. The molecule has 2 aromatic rings. The molecule has 1 aromatic heterocycles. The highest BCUT2D eigenvalue weighted by Crippen LogP contribution is 2.48. The third-order valence-electron chi connectivity index (χ3n) is 4.95. The second-order valence-electron chi connectivity index (χ2n) is 7.41. The van der Waals surface area contributed by atoms with Crippen LogP contribution in [-0.2, 0) is 20.4 Å². The number of nitrogen functional groups attached to an aromatic ring is 1. The van der Waals surface area contributed by atoms with Crippen LogP contribution in [0, 0.1) is 0 Å². The number of hydrogen-bond donors (Lipinski definition) is 4. The third kappa shape index (κ3) is 4.98. The van der Waals surface area contributed by atoms with Crippen LogP contribution in [0.5, 0.6) is 5.75 Å². The van der Waals surface area contributed by atoms with E-state index >= 15 is 8.78 Å². The minimum atomic E-state index is -4.08. The predicted octanol–water partition coefficient (Wildman–Crippen LogP) is 0.991. The number of rotatable bonds is 8. The summed E-state index contributed by atoms with van der Waals surface area (Å²) in [7, 11) is -2.57. The number of anilines is 1. The fraction of sp³-hybridized carbons (Fsp3) is 0.444. The number of halogens is 2. The number of hydrogen-bond acceptors (Lipinski definition) is 8. The molecule has 1 aromatic carbocycles. The van der Waals surface area contributed by atoms with Gasteiger partial charge in [-0.3, -0.25) is 9.13 Å². The Kier molecular flexibility index (Phi) is 6.70. The van der Waals surface area contributed by atoms with Crippen molar-refractivity contribution in [3.8, 4) is 5.75 Å². The average molecular weight is 475 g/mol. The van der Waals surface area contributed by atoms with E-state index in [1.54, 1.807) is 24.3 Å². The van der Waals surface area contributed by atoms with Crippen molar-refractivity contribution in [2.24, 2.45) is 5.50 Å². The molecule has 176 valence electrons. The molecule has 0 radical (unpaired) electrons. The van der Waals surface area contributed by atoms with Crippen LogP contribution in [0.25, 0.3) is 0 Å². The number of alkyl halides is 2. The van der Waals surface area contributed by atoms with Gasteiger partial charge in [0.1, 0.15) is 18.2 Å². The Morgan fingerprint density at radius 3 is 2.59 bits per heavy atom. The molecule has 11 nitrogen and oxygen atoms in total. The van der Waals surface area contributed by atoms with Crippen LogP contribution in [0.4, 0.5) is 14.6 Å². The zero-order valence-corrected chi connectivity index (χ0v) is 18.2. The van der Waals surface area contributed by atoms with Crippen LogP contribution >= 0.6 is 7.67 Å². The van der Waals surface area contributed by atoms with Gasteiger partial charge in [-0.1, -0.05) is 12.1 Å². The first-order valence-electron chi connectivity index (χ1n) is 9.37. The molecule has 5 atom stereocenters. The second-order valence-corrected chi connectivity index (χ2v) is 9.17. The third-order valence-corrected chi connectivity index (χ3v) is 6.06. The van der Waals surface area contributed by atoms with Crippen molar-refractivity contribution in [2.45, 2.75) is 37.3 Å². The summed E-state index contributed by atoms with van der Waals surface area (Å²) in [5.74, 6) is -2.68. The lowest BCUT2D eigenvalue weighted by molar-refractivity contribution is -0.203. The molecule has 0 amide bonds. The molecule has 1 saturated heterocycles. The summed E-state index contributed by atoms with van der Waals surface area (Å²) in [5, 5.41) is 12.7. The fourth-order valence-corrected chi connectivity index (χ4v) is 4.00. The number of nitrogens with zero attached hydrogens (tertiary/aromatic N) is 2. The van der Waals surface area contributed by atoms with Crippen molar-refractivity contribution in [3.63, 3.8) is 0 Å². The molecule has 14 heteroatoms. The van der Waals surface area contributed by atoms with Crippen LogP contribution in [0.1, 0.15) is 18.7 Å². The van der Waals surface area contributed by atoms with E-state index in [0.29, 0.717) is 15.9 Å². The second kappa shape index (κ2) is 8.85. The highest BCUT2D eigenvalue weighted by Gasteiger charge is 2.65. The Labute approximate surface area is 181 Å². The first-order chi connectivity index (χ1) is 14.9. The lowest BCUT2D eigenvalue weighted by Crippen LogP contribution is -2.47. The molecule has 1 aliphatic rings. The number of aliphatic hydroxyl groups excluding tert-OH is 1. The van der Waals surface area contributed by atoms with Gasteiger partial charge in [0.15, 0.2) is 18.0 Å². The molecule has 0 saturated carbocycles. The number of ether oxygens (including phenoxy) is 2. The quantitative estimate of drug-likeness (QED) is 0.405. The van der Waals surface area contributed by atoms with Gasteiger partial charge in [-0.05, 0) is 30.7 Å². The number of nitrogens with one attached hydrogen (secondary N) is 1. The largest absolute Gasteiger partial charge is 0.497 e. The Balaban J connectivity index is 1.68. The first kappa shape index (κ1) is 24.2. The molecule has 1 aliphatic heterocycles. The van der Waals surface area contributed by atoms with Gasteiger partial charge in [-0.25, -0.2) is 24.2 Å². The van der Waals surface area contributed by atoms with Gasteiger partial charge in [-0.2, -0.15) is 4.98 Å². The highest BCUT2D eigenvalue weighted by atomic mass is 31.2. The molecular weight excluding hydrogens is 451 g/mol. The summed E-state index contributed by atoms with van der Waals surface area (Å²) in [4.78, 5) is 15.4. The summed E-state index contributed by atoms with van der Waals surface area (Å²) in [6, 6.07) is 7.90. The summed E-state index contributed by atoms with van der Waals surface area (Å²) in [6.45, 7) is -0.322. The minimum Gasteiger partial charge on any atom is -0.497 e. The van der Waals surface area contributed by atoms with Gasteiger partial charge < -0.3 is 24.8 Å². The number of nitrogens with two attached hydrogens (primary N) is 2. The zero-order valence-electron chi connectivity index (χ0n) is 17.3. The Bertz CT molecular complexity index is 1070. The van der Waals surface area contributed by atoms with Gasteiger partial charge in [-0.15, -0.1) is 0 Å². The van der Waals surface area contributed by atoms with Crippen molar-refractivity contribution in [1.29, 1.82) is 0 Å². The number of aliphatic hydroxyl groups is 1. The first-order valence-corrected chi connectivity index (χ1v) is 11.1. The number of benzene rings is 1. The SMILES string of the molecule is COc1ccc(CNP(N)(=O)OC[C@@]2(F)O[C@@H](n3ccc(N)nc3=O)[C@](C)(F)[C@@H]2O)cc1.